The highest BCUT2D eigenvalue weighted by molar-refractivity contribution is 9.10. The van der Waals surface area contributed by atoms with Gasteiger partial charge in [-0.1, -0.05) is 20.8 Å². The summed E-state index contributed by atoms with van der Waals surface area (Å²) in [7, 11) is -2.12. The fourth-order valence-corrected chi connectivity index (χ4v) is 4.08. The van der Waals surface area contributed by atoms with Crippen LogP contribution in [-0.4, -0.2) is 13.2 Å². The number of halogens is 1. The van der Waals surface area contributed by atoms with Crippen LogP contribution in [0, 0.1) is 10.1 Å². The van der Waals surface area contributed by atoms with Crippen molar-refractivity contribution < 1.29 is 9.35 Å². The van der Waals surface area contributed by atoms with Gasteiger partial charge in [0.05, 0.1) is 9.40 Å². The molecule has 0 amide bonds. The fraction of sp³-hybridized carbons (Fsp3) is 0.600. The van der Waals surface area contributed by atoms with Crippen molar-refractivity contribution in [2.75, 3.05) is 0 Å². The summed E-state index contributed by atoms with van der Waals surface area (Å²) in [5, 5.41) is 11.6. The van der Waals surface area contributed by atoms with E-state index in [2.05, 4.69) is 49.8 Å². The van der Waals surface area contributed by atoms with Crippen molar-refractivity contribution in [1.82, 2.24) is 0 Å². The monoisotopic (exact) mass is 371 g/mol. The zero-order valence-electron chi connectivity index (χ0n) is 13.2. The Morgan fingerprint density at radius 1 is 1.33 bits per heavy atom. The van der Waals surface area contributed by atoms with Gasteiger partial charge in [-0.05, 0) is 65.0 Å². The molecule has 0 radical (unpaired) electrons. The zero-order chi connectivity index (χ0) is 16.0. The first-order valence-electron chi connectivity index (χ1n) is 7.22. The van der Waals surface area contributed by atoms with E-state index in [9.17, 15) is 10.1 Å². The maximum Gasteiger partial charge on any atom is 0.314 e. The SMILES string of the molecule is CC(C)(C)[Si](C)(C)Oc1c(Br)cc2c(c1[N+](=O)[O-])CCC2. The molecule has 0 bridgehead atoms. The van der Waals surface area contributed by atoms with Crippen molar-refractivity contribution in [1.29, 1.82) is 0 Å². The quantitative estimate of drug-likeness (QED) is 0.415. The summed E-state index contributed by atoms with van der Waals surface area (Å²) in [6.07, 6.45) is 2.66. The Bertz CT molecular complexity index is 594. The molecule has 116 valence electrons. The molecule has 21 heavy (non-hydrogen) atoms. The summed E-state index contributed by atoms with van der Waals surface area (Å²) in [4.78, 5) is 11.3. The van der Waals surface area contributed by atoms with Crippen LogP contribution in [-0.2, 0) is 12.8 Å². The van der Waals surface area contributed by atoms with Crippen LogP contribution in [0.25, 0.3) is 0 Å². The average Bonchev–Trinajstić information content (AvgIpc) is 2.74. The molecule has 1 aliphatic rings. The summed E-state index contributed by atoms with van der Waals surface area (Å²) in [6.45, 7) is 10.6. The lowest BCUT2D eigenvalue weighted by Gasteiger charge is -2.36. The van der Waals surface area contributed by atoms with Gasteiger partial charge in [0, 0.05) is 5.56 Å². The van der Waals surface area contributed by atoms with Crippen molar-refractivity contribution in [3.63, 3.8) is 0 Å². The lowest BCUT2D eigenvalue weighted by molar-refractivity contribution is -0.386. The first-order chi connectivity index (χ1) is 9.54. The summed E-state index contributed by atoms with van der Waals surface area (Å²) in [5.74, 6) is 0.423. The molecule has 0 saturated heterocycles. The third-order valence-corrected chi connectivity index (χ3v) is 9.54. The number of hydrogen-bond acceptors (Lipinski definition) is 3. The predicted octanol–water partition coefficient (Wildman–Crippen LogP) is 5.23. The van der Waals surface area contributed by atoms with E-state index in [0.29, 0.717) is 10.2 Å². The van der Waals surface area contributed by atoms with E-state index in [1.54, 1.807) is 0 Å². The van der Waals surface area contributed by atoms with E-state index < -0.39 is 8.32 Å². The third-order valence-electron chi connectivity index (χ3n) is 4.63. The first kappa shape index (κ1) is 16.5. The van der Waals surface area contributed by atoms with Gasteiger partial charge in [-0.15, -0.1) is 0 Å². The predicted molar refractivity (Wildman–Crippen MR) is 90.6 cm³/mol. The number of nitro benzene ring substituents is 1. The Morgan fingerprint density at radius 2 is 1.95 bits per heavy atom. The van der Waals surface area contributed by atoms with Crippen LogP contribution in [0.4, 0.5) is 5.69 Å². The van der Waals surface area contributed by atoms with E-state index in [-0.39, 0.29) is 15.6 Å². The summed E-state index contributed by atoms with van der Waals surface area (Å²) < 4.78 is 6.97. The highest BCUT2D eigenvalue weighted by atomic mass is 79.9. The molecule has 0 aliphatic heterocycles. The molecular formula is C15H22BrNO3Si. The van der Waals surface area contributed by atoms with Crippen LogP contribution in [0.15, 0.2) is 10.5 Å². The molecule has 1 aromatic rings. The van der Waals surface area contributed by atoms with E-state index in [1.165, 1.54) is 0 Å². The first-order valence-corrected chi connectivity index (χ1v) is 10.9. The number of hydrogen-bond donors (Lipinski definition) is 0. The van der Waals surface area contributed by atoms with Crippen molar-refractivity contribution in [3.8, 4) is 5.75 Å². The highest BCUT2D eigenvalue weighted by Gasteiger charge is 2.42. The largest absolute Gasteiger partial charge is 0.538 e. The van der Waals surface area contributed by atoms with Gasteiger partial charge >= 0.3 is 5.69 Å². The normalized spacial score (nSPS) is 15.0. The van der Waals surface area contributed by atoms with E-state index in [4.69, 9.17) is 4.43 Å². The Morgan fingerprint density at radius 3 is 2.48 bits per heavy atom. The number of aryl methyl sites for hydroxylation is 1. The van der Waals surface area contributed by atoms with Crippen LogP contribution < -0.4 is 4.43 Å². The van der Waals surface area contributed by atoms with Crippen LogP contribution in [0.1, 0.15) is 38.3 Å². The van der Waals surface area contributed by atoms with E-state index in [0.717, 1.165) is 30.4 Å². The maximum absolute atomic E-state index is 11.6. The molecule has 0 fully saturated rings. The topological polar surface area (TPSA) is 52.4 Å². The van der Waals surface area contributed by atoms with Gasteiger partial charge in [-0.25, -0.2) is 0 Å². The number of nitrogens with zero attached hydrogens (tertiary/aromatic N) is 1. The number of nitro groups is 1. The van der Waals surface area contributed by atoms with Crippen molar-refractivity contribution >= 4 is 29.9 Å². The van der Waals surface area contributed by atoms with Gasteiger partial charge in [0.1, 0.15) is 0 Å². The summed E-state index contributed by atoms with van der Waals surface area (Å²) in [5.41, 5.74) is 2.11. The molecule has 6 heteroatoms. The molecule has 0 N–H and O–H groups in total. The van der Waals surface area contributed by atoms with Gasteiger partial charge in [-0.2, -0.15) is 0 Å². The van der Waals surface area contributed by atoms with Gasteiger partial charge in [0.2, 0.25) is 0 Å². The Hall–Kier alpha value is -0.883. The smallest absolute Gasteiger partial charge is 0.314 e. The van der Waals surface area contributed by atoms with Gasteiger partial charge in [-0.3, -0.25) is 10.1 Å². The Kier molecular flexibility index (Phi) is 4.23. The molecular weight excluding hydrogens is 350 g/mol. The average molecular weight is 372 g/mol. The molecule has 0 unspecified atom stereocenters. The molecule has 0 aromatic heterocycles. The Balaban J connectivity index is 2.57. The van der Waals surface area contributed by atoms with Crippen molar-refractivity contribution in [2.24, 2.45) is 0 Å². The van der Waals surface area contributed by atoms with Crippen LogP contribution in [0.3, 0.4) is 0 Å². The van der Waals surface area contributed by atoms with Crippen LogP contribution >= 0.6 is 15.9 Å². The fourth-order valence-electron chi connectivity index (χ4n) is 2.36. The second-order valence-electron chi connectivity index (χ2n) is 7.15. The zero-order valence-corrected chi connectivity index (χ0v) is 15.8. The minimum Gasteiger partial charge on any atom is -0.538 e. The van der Waals surface area contributed by atoms with Crippen molar-refractivity contribution in [2.45, 2.75) is 58.2 Å². The molecule has 4 nitrogen and oxygen atoms in total. The van der Waals surface area contributed by atoms with E-state index >= 15 is 0 Å². The van der Waals surface area contributed by atoms with Crippen LogP contribution in [0.2, 0.25) is 18.1 Å². The van der Waals surface area contributed by atoms with Gasteiger partial charge < -0.3 is 4.43 Å². The minimum absolute atomic E-state index is 0.000672. The molecule has 0 spiro atoms. The van der Waals surface area contributed by atoms with E-state index in [1.807, 2.05) is 6.07 Å². The van der Waals surface area contributed by atoms with Crippen molar-refractivity contribution in [3.05, 3.63) is 31.8 Å². The number of benzene rings is 1. The maximum atomic E-state index is 11.6. The highest BCUT2D eigenvalue weighted by Crippen LogP contribution is 2.47. The second-order valence-corrected chi connectivity index (χ2v) is 12.7. The molecule has 0 atom stereocenters. The molecule has 1 aliphatic carbocycles. The second kappa shape index (κ2) is 5.39. The van der Waals surface area contributed by atoms with Gasteiger partial charge in [0.15, 0.2) is 5.75 Å². The number of rotatable bonds is 3. The summed E-state index contributed by atoms with van der Waals surface area (Å²) >= 11 is 3.48. The van der Waals surface area contributed by atoms with Gasteiger partial charge in [0.25, 0.3) is 8.32 Å². The standard InChI is InChI=1S/C15H22BrNO3Si/c1-15(2,3)21(4,5)20-14-12(16)9-10-7-6-8-11(10)13(14)17(18)19/h9H,6-8H2,1-5H3. The molecule has 0 saturated carbocycles. The minimum atomic E-state index is -2.12. The molecule has 2 rings (SSSR count). The molecule has 1 aromatic carbocycles. The Labute approximate surface area is 135 Å². The lowest BCUT2D eigenvalue weighted by Crippen LogP contribution is -2.44. The number of fused-ring (bicyclic) bond motifs is 1. The lowest BCUT2D eigenvalue weighted by atomic mass is 10.1. The third kappa shape index (κ3) is 3.01. The summed E-state index contributed by atoms with van der Waals surface area (Å²) in [6, 6.07) is 2.00. The van der Waals surface area contributed by atoms with Crippen LogP contribution in [0.5, 0.6) is 5.75 Å². The molecule has 0 heterocycles.